The molecule has 90 valence electrons. The minimum absolute atomic E-state index is 0.0609. The van der Waals surface area contributed by atoms with E-state index in [4.69, 9.17) is 10.00 Å². The molecule has 0 spiro atoms. The largest absolute Gasteiger partial charge is 0.497 e. The number of ether oxygens (including phenoxy) is 1. The van der Waals surface area contributed by atoms with E-state index in [1.54, 1.807) is 19.1 Å². The van der Waals surface area contributed by atoms with Gasteiger partial charge in [0.05, 0.1) is 13.2 Å². The number of hydrogen-bond donors (Lipinski definition) is 0. The van der Waals surface area contributed by atoms with Gasteiger partial charge in [0.1, 0.15) is 12.2 Å². The molecule has 0 bridgehead atoms. The molecule has 0 aliphatic rings. The van der Waals surface area contributed by atoms with E-state index in [9.17, 15) is 4.79 Å². The quantitative estimate of drug-likeness (QED) is 0.775. The van der Waals surface area contributed by atoms with E-state index >= 15 is 0 Å². The lowest BCUT2D eigenvalue weighted by Gasteiger charge is -2.15. The van der Waals surface area contributed by atoms with Crippen LogP contribution >= 0.6 is 0 Å². The van der Waals surface area contributed by atoms with Crippen LogP contribution in [0.5, 0.6) is 5.75 Å². The number of amides is 1. The monoisotopic (exact) mass is 232 g/mol. The molecule has 4 heteroatoms. The van der Waals surface area contributed by atoms with Crippen LogP contribution in [0.1, 0.15) is 12.0 Å². The third kappa shape index (κ3) is 4.15. The topological polar surface area (TPSA) is 53.3 Å². The third-order valence-corrected chi connectivity index (χ3v) is 2.53. The van der Waals surface area contributed by atoms with E-state index in [0.717, 1.165) is 17.7 Å². The van der Waals surface area contributed by atoms with Gasteiger partial charge in [0.15, 0.2) is 0 Å². The summed E-state index contributed by atoms with van der Waals surface area (Å²) in [4.78, 5) is 12.9. The second-order valence-corrected chi connectivity index (χ2v) is 3.75. The van der Waals surface area contributed by atoms with Gasteiger partial charge in [0.25, 0.3) is 0 Å². The number of carbonyl (C=O) groups is 1. The summed E-state index contributed by atoms with van der Waals surface area (Å²) < 4.78 is 5.12. The van der Waals surface area contributed by atoms with Crippen molar-refractivity contribution >= 4 is 5.91 Å². The van der Waals surface area contributed by atoms with Gasteiger partial charge in [-0.2, -0.15) is 5.26 Å². The van der Waals surface area contributed by atoms with Crippen molar-refractivity contribution in [3.63, 3.8) is 0 Å². The van der Waals surface area contributed by atoms with Gasteiger partial charge < -0.3 is 9.64 Å². The Kier molecular flexibility index (Phi) is 5.02. The lowest BCUT2D eigenvalue weighted by atomic mass is 10.1. The van der Waals surface area contributed by atoms with Gasteiger partial charge in [-0.15, -0.1) is 0 Å². The van der Waals surface area contributed by atoms with Crippen LogP contribution in [-0.2, 0) is 11.2 Å². The highest BCUT2D eigenvalue weighted by Gasteiger charge is 2.07. The predicted octanol–water partition coefficient (Wildman–Crippen LogP) is 1.61. The number of hydrogen-bond acceptors (Lipinski definition) is 3. The van der Waals surface area contributed by atoms with E-state index in [0.29, 0.717) is 6.54 Å². The van der Waals surface area contributed by atoms with Crippen molar-refractivity contribution in [1.29, 1.82) is 5.26 Å². The first-order valence-corrected chi connectivity index (χ1v) is 5.41. The molecule has 1 aromatic rings. The van der Waals surface area contributed by atoms with Crippen molar-refractivity contribution in [2.75, 3.05) is 20.7 Å². The van der Waals surface area contributed by atoms with E-state index in [1.807, 2.05) is 30.3 Å². The molecule has 1 aromatic carbocycles. The molecule has 0 aliphatic carbocycles. The van der Waals surface area contributed by atoms with Crippen LogP contribution in [0.15, 0.2) is 24.3 Å². The van der Waals surface area contributed by atoms with Crippen molar-refractivity contribution in [2.45, 2.75) is 12.8 Å². The maximum Gasteiger partial charge on any atom is 0.236 e. The van der Waals surface area contributed by atoms with Crippen LogP contribution < -0.4 is 4.74 Å². The van der Waals surface area contributed by atoms with Crippen LogP contribution in [-0.4, -0.2) is 31.5 Å². The summed E-state index contributed by atoms with van der Waals surface area (Å²) in [5.41, 5.74) is 1.11. The number of likely N-dealkylation sites (N-methyl/N-ethyl adjacent to an activating group) is 1. The molecule has 0 aliphatic heterocycles. The first kappa shape index (κ1) is 13.0. The fourth-order valence-electron chi connectivity index (χ4n) is 1.45. The predicted molar refractivity (Wildman–Crippen MR) is 64.6 cm³/mol. The zero-order chi connectivity index (χ0) is 12.7. The van der Waals surface area contributed by atoms with Gasteiger partial charge in [0, 0.05) is 13.6 Å². The average Bonchev–Trinajstić information content (AvgIpc) is 2.36. The zero-order valence-electron chi connectivity index (χ0n) is 10.1. The molecule has 0 saturated heterocycles. The van der Waals surface area contributed by atoms with Crippen molar-refractivity contribution in [3.8, 4) is 11.8 Å². The number of nitriles is 1. The number of methoxy groups -OCH3 is 1. The summed E-state index contributed by atoms with van der Waals surface area (Å²) in [5.74, 6) is 0.670. The SMILES string of the molecule is COc1cccc(CCN(C)C(=O)CC#N)c1. The lowest BCUT2D eigenvalue weighted by molar-refractivity contribution is -0.128. The molecule has 0 aromatic heterocycles. The first-order valence-electron chi connectivity index (χ1n) is 5.41. The van der Waals surface area contributed by atoms with E-state index in [2.05, 4.69) is 0 Å². The average molecular weight is 232 g/mol. The van der Waals surface area contributed by atoms with Gasteiger partial charge in [-0.3, -0.25) is 4.79 Å². The maximum atomic E-state index is 11.4. The Labute approximate surface area is 101 Å². The normalized spacial score (nSPS) is 9.47. The summed E-state index contributed by atoms with van der Waals surface area (Å²) in [6.45, 7) is 0.605. The van der Waals surface area contributed by atoms with Crippen molar-refractivity contribution in [1.82, 2.24) is 4.90 Å². The van der Waals surface area contributed by atoms with Crippen LogP contribution in [0.4, 0.5) is 0 Å². The molecule has 0 heterocycles. The minimum atomic E-state index is -0.143. The van der Waals surface area contributed by atoms with Crippen molar-refractivity contribution in [3.05, 3.63) is 29.8 Å². The number of carbonyl (C=O) groups excluding carboxylic acids is 1. The molecule has 17 heavy (non-hydrogen) atoms. The second-order valence-electron chi connectivity index (χ2n) is 3.75. The summed E-state index contributed by atoms with van der Waals surface area (Å²) in [5, 5.41) is 8.43. The second kappa shape index (κ2) is 6.54. The summed E-state index contributed by atoms with van der Waals surface area (Å²) in [7, 11) is 3.33. The molecule has 1 amide bonds. The summed E-state index contributed by atoms with van der Waals surface area (Å²) >= 11 is 0. The van der Waals surface area contributed by atoms with Crippen molar-refractivity contribution < 1.29 is 9.53 Å². The molecule has 0 radical (unpaired) electrons. The molecule has 0 saturated carbocycles. The Balaban J connectivity index is 2.50. The molecular weight excluding hydrogens is 216 g/mol. The smallest absolute Gasteiger partial charge is 0.236 e. The Morgan fingerprint density at radius 3 is 2.94 bits per heavy atom. The fourth-order valence-corrected chi connectivity index (χ4v) is 1.45. The fraction of sp³-hybridized carbons (Fsp3) is 0.385. The highest BCUT2D eigenvalue weighted by Crippen LogP contribution is 2.13. The van der Waals surface area contributed by atoms with Gasteiger partial charge in [-0.05, 0) is 24.1 Å². The van der Waals surface area contributed by atoms with Crippen LogP contribution in [0, 0.1) is 11.3 Å². The zero-order valence-corrected chi connectivity index (χ0v) is 10.1. The molecule has 0 unspecified atom stereocenters. The molecule has 4 nitrogen and oxygen atoms in total. The Morgan fingerprint density at radius 2 is 2.29 bits per heavy atom. The van der Waals surface area contributed by atoms with E-state index in [1.165, 1.54) is 0 Å². The maximum absolute atomic E-state index is 11.4. The van der Waals surface area contributed by atoms with Crippen molar-refractivity contribution in [2.24, 2.45) is 0 Å². The minimum Gasteiger partial charge on any atom is -0.497 e. The van der Waals surface area contributed by atoms with Crippen LogP contribution in [0.3, 0.4) is 0 Å². The molecule has 0 fully saturated rings. The van der Waals surface area contributed by atoms with Gasteiger partial charge in [0.2, 0.25) is 5.91 Å². The van der Waals surface area contributed by atoms with Gasteiger partial charge in [-0.1, -0.05) is 12.1 Å². The first-order chi connectivity index (χ1) is 8.17. The van der Waals surface area contributed by atoms with E-state index in [-0.39, 0.29) is 12.3 Å². The summed E-state index contributed by atoms with van der Waals surface area (Å²) in [6, 6.07) is 9.60. The molecule has 0 N–H and O–H groups in total. The number of nitrogens with zero attached hydrogens (tertiary/aromatic N) is 2. The Bertz CT molecular complexity index is 424. The third-order valence-electron chi connectivity index (χ3n) is 2.53. The molecule has 0 atom stereocenters. The van der Waals surface area contributed by atoms with Gasteiger partial charge in [-0.25, -0.2) is 0 Å². The van der Waals surface area contributed by atoms with E-state index < -0.39 is 0 Å². The number of rotatable bonds is 5. The highest BCUT2D eigenvalue weighted by molar-refractivity contribution is 5.77. The van der Waals surface area contributed by atoms with Crippen LogP contribution in [0.2, 0.25) is 0 Å². The number of benzene rings is 1. The van der Waals surface area contributed by atoms with Crippen LogP contribution in [0.25, 0.3) is 0 Å². The Hall–Kier alpha value is -2.02. The molecule has 1 rings (SSSR count). The highest BCUT2D eigenvalue weighted by atomic mass is 16.5. The van der Waals surface area contributed by atoms with Gasteiger partial charge >= 0.3 is 0 Å². The lowest BCUT2D eigenvalue weighted by Crippen LogP contribution is -2.28. The standard InChI is InChI=1S/C13H16N2O2/c1-15(13(16)6-8-14)9-7-11-4-3-5-12(10-11)17-2/h3-5,10H,6-7,9H2,1-2H3. The molecular formula is C13H16N2O2. The Morgan fingerprint density at radius 1 is 1.53 bits per heavy atom. The summed E-state index contributed by atoms with van der Waals surface area (Å²) in [6.07, 6.45) is 0.694.